The van der Waals surface area contributed by atoms with Gasteiger partial charge in [-0.3, -0.25) is 9.59 Å². The minimum absolute atomic E-state index is 0.0534. The van der Waals surface area contributed by atoms with Crippen LogP contribution >= 0.6 is 0 Å². The second-order valence-corrected chi connectivity index (χ2v) is 5.51. The molecule has 0 N–H and O–H groups in total. The molecule has 0 unspecified atom stereocenters. The summed E-state index contributed by atoms with van der Waals surface area (Å²) >= 11 is 0. The second-order valence-electron chi connectivity index (χ2n) is 5.51. The summed E-state index contributed by atoms with van der Waals surface area (Å²) in [5.74, 6) is 0.283. The predicted molar refractivity (Wildman–Crippen MR) is 84.0 cm³/mol. The number of likely N-dealkylation sites (tertiary alicyclic amines) is 1. The number of nitrogens with zero attached hydrogens (tertiary/aromatic N) is 2. The lowest BCUT2D eigenvalue weighted by molar-refractivity contribution is -0.128. The van der Waals surface area contributed by atoms with Crippen molar-refractivity contribution in [2.45, 2.75) is 12.8 Å². The summed E-state index contributed by atoms with van der Waals surface area (Å²) in [6.07, 6.45) is 5.07. The fraction of sp³-hybridized carbons (Fsp3) is 0.750. The molecule has 2 aliphatic rings. The summed E-state index contributed by atoms with van der Waals surface area (Å²) in [7, 11) is 0. The fourth-order valence-electron chi connectivity index (χ4n) is 2.51. The zero-order valence-electron chi connectivity index (χ0n) is 13.6. The van der Waals surface area contributed by atoms with Gasteiger partial charge in [0.2, 0.25) is 11.8 Å². The van der Waals surface area contributed by atoms with Crippen LogP contribution in [0.3, 0.4) is 0 Å². The van der Waals surface area contributed by atoms with Crippen LogP contribution in [0.15, 0.2) is 12.2 Å². The lowest BCUT2D eigenvalue weighted by atomic mass is 10.4. The van der Waals surface area contributed by atoms with Gasteiger partial charge >= 0.3 is 0 Å². The molecule has 0 saturated carbocycles. The van der Waals surface area contributed by atoms with Crippen molar-refractivity contribution in [3.63, 3.8) is 0 Å². The maximum absolute atomic E-state index is 11.4. The molecule has 1 fully saturated rings. The zero-order chi connectivity index (χ0) is 16.3. The van der Waals surface area contributed by atoms with Crippen molar-refractivity contribution in [3.8, 4) is 0 Å². The Kier molecular flexibility index (Phi) is 8.06. The summed E-state index contributed by atoms with van der Waals surface area (Å²) < 4.78 is 16.3. The summed E-state index contributed by atoms with van der Waals surface area (Å²) in [5, 5.41) is 0. The van der Waals surface area contributed by atoms with E-state index in [1.807, 2.05) is 11.0 Å². The van der Waals surface area contributed by atoms with Gasteiger partial charge in [0.15, 0.2) is 0 Å². The minimum Gasteiger partial charge on any atom is -0.377 e. The van der Waals surface area contributed by atoms with Crippen LogP contribution in [-0.2, 0) is 23.8 Å². The molecule has 1 saturated heterocycles. The van der Waals surface area contributed by atoms with Crippen LogP contribution in [0.4, 0.5) is 0 Å². The average molecular weight is 326 g/mol. The van der Waals surface area contributed by atoms with Crippen molar-refractivity contribution in [1.29, 1.82) is 0 Å². The van der Waals surface area contributed by atoms with Crippen molar-refractivity contribution >= 4 is 11.8 Å². The standard InChI is InChI=1S/C16H26N2O5/c19-15-3-1-5-17(15)7-9-21-11-13-23-14-12-22-10-8-18-6-2-4-16(18)20/h1,3H,2,4-14H2. The van der Waals surface area contributed by atoms with Crippen LogP contribution in [0.1, 0.15) is 12.8 Å². The Morgan fingerprint density at radius 3 is 2.00 bits per heavy atom. The lowest BCUT2D eigenvalue weighted by Crippen LogP contribution is -2.29. The highest BCUT2D eigenvalue weighted by Crippen LogP contribution is 2.08. The van der Waals surface area contributed by atoms with E-state index in [-0.39, 0.29) is 11.8 Å². The number of hydrogen-bond acceptors (Lipinski definition) is 5. The molecule has 130 valence electrons. The van der Waals surface area contributed by atoms with Gasteiger partial charge < -0.3 is 24.0 Å². The van der Waals surface area contributed by atoms with Gasteiger partial charge in [0.05, 0.1) is 39.6 Å². The SMILES string of the molecule is O=C1C=CCN1CCOCCOCCOCCN1CCCC1=O. The first kappa shape index (κ1) is 17.9. The van der Waals surface area contributed by atoms with Gasteiger partial charge in [-0.25, -0.2) is 0 Å². The maximum Gasteiger partial charge on any atom is 0.246 e. The summed E-state index contributed by atoms with van der Waals surface area (Å²) in [4.78, 5) is 26.2. The molecule has 0 aliphatic carbocycles. The molecule has 0 aromatic carbocycles. The van der Waals surface area contributed by atoms with Gasteiger partial charge in [0.25, 0.3) is 0 Å². The number of carbonyl (C=O) groups is 2. The molecule has 0 aromatic heterocycles. The van der Waals surface area contributed by atoms with E-state index in [0.29, 0.717) is 65.7 Å². The first-order valence-corrected chi connectivity index (χ1v) is 8.24. The number of rotatable bonds is 12. The molecular formula is C16H26N2O5. The Morgan fingerprint density at radius 2 is 1.48 bits per heavy atom. The molecule has 0 aromatic rings. The quantitative estimate of drug-likeness (QED) is 0.474. The molecular weight excluding hydrogens is 300 g/mol. The number of hydrogen-bond donors (Lipinski definition) is 0. The maximum atomic E-state index is 11.4. The van der Waals surface area contributed by atoms with Gasteiger partial charge in [-0.15, -0.1) is 0 Å². The minimum atomic E-state index is 0.0534. The molecule has 23 heavy (non-hydrogen) atoms. The highest BCUT2D eigenvalue weighted by atomic mass is 16.5. The first-order chi connectivity index (χ1) is 11.3. The van der Waals surface area contributed by atoms with E-state index in [2.05, 4.69) is 0 Å². The molecule has 0 bridgehead atoms. The van der Waals surface area contributed by atoms with E-state index >= 15 is 0 Å². The normalized spacial score (nSPS) is 17.7. The number of carbonyl (C=O) groups excluding carboxylic acids is 2. The van der Waals surface area contributed by atoms with Gasteiger partial charge in [-0.2, -0.15) is 0 Å². The molecule has 0 atom stereocenters. The summed E-state index contributed by atoms with van der Waals surface area (Å²) in [6, 6.07) is 0. The van der Waals surface area contributed by atoms with Crippen LogP contribution in [0, 0.1) is 0 Å². The van der Waals surface area contributed by atoms with Crippen molar-refractivity contribution < 1.29 is 23.8 Å². The van der Waals surface area contributed by atoms with Gasteiger partial charge in [-0.1, -0.05) is 6.08 Å². The number of amides is 2. The van der Waals surface area contributed by atoms with Crippen LogP contribution < -0.4 is 0 Å². The predicted octanol–water partition coefficient (Wildman–Crippen LogP) is 0.0570. The fourth-order valence-corrected chi connectivity index (χ4v) is 2.51. The third kappa shape index (κ3) is 6.68. The third-order valence-corrected chi connectivity index (χ3v) is 3.82. The average Bonchev–Trinajstić information content (AvgIpc) is 3.14. The van der Waals surface area contributed by atoms with E-state index in [0.717, 1.165) is 13.0 Å². The Bertz CT molecular complexity index is 403. The van der Waals surface area contributed by atoms with Crippen molar-refractivity contribution in [1.82, 2.24) is 9.80 Å². The topological polar surface area (TPSA) is 68.3 Å². The third-order valence-electron chi connectivity index (χ3n) is 3.82. The van der Waals surface area contributed by atoms with Crippen molar-refractivity contribution in [3.05, 3.63) is 12.2 Å². The van der Waals surface area contributed by atoms with Crippen molar-refractivity contribution in [2.75, 3.05) is 65.8 Å². The Morgan fingerprint density at radius 1 is 0.870 bits per heavy atom. The van der Waals surface area contributed by atoms with Gasteiger partial charge in [-0.05, 0) is 6.42 Å². The molecule has 2 heterocycles. The second kappa shape index (κ2) is 10.4. The molecule has 0 radical (unpaired) electrons. The molecule has 2 rings (SSSR count). The molecule has 2 amide bonds. The molecule has 2 aliphatic heterocycles. The first-order valence-electron chi connectivity index (χ1n) is 8.24. The summed E-state index contributed by atoms with van der Waals surface area (Å²) in [5.41, 5.74) is 0. The van der Waals surface area contributed by atoms with Crippen LogP contribution in [0.2, 0.25) is 0 Å². The van der Waals surface area contributed by atoms with E-state index in [9.17, 15) is 9.59 Å². The van der Waals surface area contributed by atoms with Gasteiger partial charge in [0, 0.05) is 38.7 Å². The molecule has 7 nitrogen and oxygen atoms in total. The van der Waals surface area contributed by atoms with E-state index < -0.39 is 0 Å². The molecule has 7 heteroatoms. The Hall–Kier alpha value is -1.44. The van der Waals surface area contributed by atoms with Crippen LogP contribution in [-0.4, -0.2) is 87.4 Å². The van der Waals surface area contributed by atoms with Crippen LogP contribution in [0.5, 0.6) is 0 Å². The summed E-state index contributed by atoms with van der Waals surface area (Å²) in [6.45, 7) is 5.98. The van der Waals surface area contributed by atoms with E-state index in [1.165, 1.54) is 0 Å². The Labute approximate surface area is 137 Å². The smallest absolute Gasteiger partial charge is 0.246 e. The number of ether oxygens (including phenoxy) is 3. The Balaban J connectivity index is 1.30. The van der Waals surface area contributed by atoms with E-state index in [1.54, 1.807) is 11.0 Å². The van der Waals surface area contributed by atoms with E-state index in [4.69, 9.17) is 14.2 Å². The van der Waals surface area contributed by atoms with Crippen LogP contribution in [0.25, 0.3) is 0 Å². The largest absolute Gasteiger partial charge is 0.377 e. The molecule has 0 spiro atoms. The lowest BCUT2D eigenvalue weighted by Gasteiger charge is -2.15. The highest BCUT2D eigenvalue weighted by molar-refractivity contribution is 5.89. The highest BCUT2D eigenvalue weighted by Gasteiger charge is 2.19. The monoisotopic (exact) mass is 326 g/mol. The van der Waals surface area contributed by atoms with Crippen molar-refractivity contribution in [2.24, 2.45) is 0 Å². The van der Waals surface area contributed by atoms with Gasteiger partial charge in [0.1, 0.15) is 0 Å². The zero-order valence-corrected chi connectivity index (χ0v) is 13.6.